The summed E-state index contributed by atoms with van der Waals surface area (Å²) in [6.45, 7) is 6.20. The van der Waals surface area contributed by atoms with Crippen molar-refractivity contribution in [1.29, 1.82) is 0 Å². The smallest absolute Gasteiger partial charge is 0.142 e. The van der Waals surface area contributed by atoms with Gasteiger partial charge in [-0.25, -0.2) is 0 Å². The molecule has 0 radical (unpaired) electrons. The number of ether oxygens (including phenoxy) is 2. The Morgan fingerprint density at radius 1 is 0.905 bits per heavy atom. The largest absolute Gasteiger partial charge is 0.497 e. The quantitative estimate of drug-likeness (QED) is 0.837. The highest BCUT2D eigenvalue weighted by Crippen LogP contribution is 2.29. The lowest BCUT2D eigenvalue weighted by Crippen LogP contribution is -2.11. The van der Waals surface area contributed by atoms with E-state index in [0.29, 0.717) is 0 Å². The second kappa shape index (κ2) is 7.02. The highest BCUT2D eigenvalue weighted by Gasteiger charge is 2.10. The van der Waals surface area contributed by atoms with E-state index in [1.54, 1.807) is 7.11 Å². The van der Waals surface area contributed by atoms with Crippen molar-refractivity contribution in [2.45, 2.75) is 32.9 Å². The first kappa shape index (κ1) is 15.2. The van der Waals surface area contributed by atoms with Crippen LogP contribution in [-0.2, 0) is 0 Å². The number of anilines is 1. The van der Waals surface area contributed by atoms with Crippen LogP contribution in [-0.4, -0.2) is 13.2 Å². The fraction of sp³-hybridized carbons (Fsp3) is 0.333. The summed E-state index contributed by atoms with van der Waals surface area (Å²) in [4.78, 5) is 0. The molecule has 0 bridgehead atoms. The van der Waals surface area contributed by atoms with Crippen LogP contribution in [0, 0.1) is 0 Å². The molecule has 0 saturated heterocycles. The van der Waals surface area contributed by atoms with Gasteiger partial charge in [0, 0.05) is 6.04 Å². The molecule has 0 saturated carbocycles. The van der Waals surface area contributed by atoms with Crippen molar-refractivity contribution in [2.24, 2.45) is 0 Å². The molecule has 0 aromatic heterocycles. The molecule has 0 heterocycles. The Morgan fingerprint density at radius 2 is 1.57 bits per heavy atom. The molecule has 0 aliphatic heterocycles. The van der Waals surface area contributed by atoms with E-state index in [1.807, 2.05) is 50.2 Å². The predicted octanol–water partition coefficient (Wildman–Crippen LogP) is 4.66. The van der Waals surface area contributed by atoms with E-state index in [-0.39, 0.29) is 12.1 Å². The second-order valence-electron chi connectivity index (χ2n) is 5.30. The lowest BCUT2D eigenvalue weighted by molar-refractivity contribution is 0.243. The fourth-order valence-electron chi connectivity index (χ4n) is 2.15. The van der Waals surface area contributed by atoms with Gasteiger partial charge in [-0.3, -0.25) is 0 Å². The normalized spacial score (nSPS) is 12.0. The highest BCUT2D eigenvalue weighted by molar-refractivity contribution is 5.57. The van der Waals surface area contributed by atoms with E-state index >= 15 is 0 Å². The van der Waals surface area contributed by atoms with Crippen molar-refractivity contribution in [3.63, 3.8) is 0 Å². The standard InChI is InChI=1S/C18H23NO2/c1-13(2)21-18-8-6-5-7-17(18)19-14(3)15-9-11-16(20-4)12-10-15/h5-14,19H,1-4H3. The summed E-state index contributed by atoms with van der Waals surface area (Å²) in [6, 6.07) is 16.3. The van der Waals surface area contributed by atoms with Crippen molar-refractivity contribution in [3.8, 4) is 11.5 Å². The van der Waals surface area contributed by atoms with Crippen LogP contribution < -0.4 is 14.8 Å². The highest BCUT2D eigenvalue weighted by atomic mass is 16.5. The molecule has 112 valence electrons. The Balaban J connectivity index is 2.13. The van der Waals surface area contributed by atoms with Crippen molar-refractivity contribution in [3.05, 3.63) is 54.1 Å². The van der Waals surface area contributed by atoms with Gasteiger partial charge in [-0.2, -0.15) is 0 Å². The maximum atomic E-state index is 5.84. The summed E-state index contributed by atoms with van der Waals surface area (Å²) in [5, 5.41) is 3.50. The Kier molecular flexibility index (Phi) is 5.09. The van der Waals surface area contributed by atoms with Crippen molar-refractivity contribution >= 4 is 5.69 Å². The number of methoxy groups -OCH3 is 1. The minimum absolute atomic E-state index is 0.157. The third-order valence-corrected chi connectivity index (χ3v) is 3.24. The Labute approximate surface area is 126 Å². The van der Waals surface area contributed by atoms with Gasteiger partial charge < -0.3 is 14.8 Å². The molecule has 0 aliphatic rings. The Hall–Kier alpha value is -2.16. The van der Waals surface area contributed by atoms with Crippen LogP contribution in [0.1, 0.15) is 32.4 Å². The summed E-state index contributed by atoms with van der Waals surface area (Å²) in [7, 11) is 1.68. The topological polar surface area (TPSA) is 30.5 Å². The summed E-state index contributed by atoms with van der Waals surface area (Å²) in [5.41, 5.74) is 2.21. The molecular weight excluding hydrogens is 262 g/mol. The third-order valence-electron chi connectivity index (χ3n) is 3.24. The number of nitrogens with one attached hydrogen (secondary N) is 1. The van der Waals surface area contributed by atoms with Crippen molar-refractivity contribution < 1.29 is 9.47 Å². The van der Waals surface area contributed by atoms with Crippen LogP contribution in [0.3, 0.4) is 0 Å². The van der Waals surface area contributed by atoms with Crippen LogP contribution in [0.4, 0.5) is 5.69 Å². The second-order valence-corrected chi connectivity index (χ2v) is 5.30. The predicted molar refractivity (Wildman–Crippen MR) is 87.2 cm³/mol. The first-order valence-corrected chi connectivity index (χ1v) is 7.26. The molecule has 21 heavy (non-hydrogen) atoms. The molecule has 2 aromatic rings. The summed E-state index contributed by atoms with van der Waals surface area (Å²) in [5.74, 6) is 1.75. The zero-order valence-corrected chi connectivity index (χ0v) is 13.1. The molecule has 1 unspecified atom stereocenters. The van der Waals surface area contributed by atoms with Crippen LogP contribution in [0.5, 0.6) is 11.5 Å². The van der Waals surface area contributed by atoms with Crippen LogP contribution in [0.2, 0.25) is 0 Å². The zero-order valence-electron chi connectivity index (χ0n) is 13.1. The average Bonchev–Trinajstić information content (AvgIpc) is 2.49. The molecule has 0 fully saturated rings. The van der Waals surface area contributed by atoms with Gasteiger partial charge in [0.1, 0.15) is 11.5 Å². The fourth-order valence-corrected chi connectivity index (χ4v) is 2.15. The van der Waals surface area contributed by atoms with Gasteiger partial charge in [0.2, 0.25) is 0 Å². The first-order chi connectivity index (χ1) is 10.1. The monoisotopic (exact) mass is 285 g/mol. The van der Waals surface area contributed by atoms with E-state index in [1.165, 1.54) is 5.56 Å². The zero-order chi connectivity index (χ0) is 15.2. The number of hydrogen-bond acceptors (Lipinski definition) is 3. The lowest BCUT2D eigenvalue weighted by atomic mass is 10.1. The minimum atomic E-state index is 0.157. The van der Waals surface area contributed by atoms with Gasteiger partial charge in [-0.1, -0.05) is 24.3 Å². The van der Waals surface area contributed by atoms with Gasteiger partial charge in [-0.05, 0) is 50.6 Å². The van der Waals surface area contributed by atoms with E-state index in [4.69, 9.17) is 9.47 Å². The molecule has 2 aromatic carbocycles. The number of hydrogen-bond donors (Lipinski definition) is 1. The SMILES string of the molecule is COc1ccc(C(C)Nc2ccccc2OC(C)C)cc1. The van der Waals surface area contributed by atoms with Gasteiger partial charge in [0.15, 0.2) is 0 Å². The lowest BCUT2D eigenvalue weighted by Gasteiger charge is -2.20. The summed E-state index contributed by atoms with van der Waals surface area (Å²) >= 11 is 0. The van der Waals surface area contributed by atoms with E-state index in [9.17, 15) is 0 Å². The van der Waals surface area contributed by atoms with Crippen LogP contribution in [0.25, 0.3) is 0 Å². The molecule has 0 amide bonds. The summed E-state index contributed by atoms with van der Waals surface area (Å²) in [6.07, 6.45) is 0.157. The van der Waals surface area contributed by atoms with Crippen molar-refractivity contribution in [2.75, 3.05) is 12.4 Å². The number of rotatable bonds is 6. The number of para-hydroxylation sites is 2. The van der Waals surface area contributed by atoms with Gasteiger partial charge in [0.05, 0.1) is 18.9 Å². The Bertz CT molecular complexity index is 564. The van der Waals surface area contributed by atoms with Gasteiger partial charge in [0.25, 0.3) is 0 Å². The van der Waals surface area contributed by atoms with E-state index in [0.717, 1.165) is 17.2 Å². The molecule has 2 rings (SSSR count). The minimum Gasteiger partial charge on any atom is -0.497 e. The average molecular weight is 285 g/mol. The summed E-state index contributed by atoms with van der Waals surface area (Å²) < 4.78 is 11.0. The molecule has 0 spiro atoms. The van der Waals surface area contributed by atoms with Crippen molar-refractivity contribution in [1.82, 2.24) is 0 Å². The maximum absolute atomic E-state index is 5.84. The molecule has 3 nitrogen and oxygen atoms in total. The van der Waals surface area contributed by atoms with Gasteiger partial charge in [-0.15, -0.1) is 0 Å². The third kappa shape index (κ3) is 4.15. The molecule has 0 aliphatic carbocycles. The molecule has 1 N–H and O–H groups in total. The van der Waals surface area contributed by atoms with Crippen LogP contribution >= 0.6 is 0 Å². The first-order valence-electron chi connectivity index (χ1n) is 7.26. The van der Waals surface area contributed by atoms with Gasteiger partial charge >= 0.3 is 0 Å². The molecule has 1 atom stereocenters. The van der Waals surface area contributed by atoms with E-state index < -0.39 is 0 Å². The maximum Gasteiger partial charge on any atom is 0.142 e. The molecular formula is C18H23NO2. The van der Waals surface area contributed by atoms with Crippen LogP contribution in [0.15, 0.2) is 48.5 Å². The molecule has 3 heteroatoms. The van der Waals surface area contributed by atoms with E-state index in [2.05, 4.69) is 24.4 Å². The number of benzene rings is 2. The Morgan fingerprint density at radius 3 is 2.19 bits per heavy atom.